The number of rotatable bonds is 4. The van der Waals surface area contributed by atoms with Gasteiger partial charge in [0.15, 0.2) is 0 Å². The highest BCUT2D eigenvalue weighted by Gasteiger charge is 2.15. The van der Waals surface area contributed by atoms with Crippen molar-refractivity contribution in [3.05, 3.63) is 28.8 Å². The van der Waals surface area contributed by atoms with Gasteiger partial charge in [0.25, 0.3) is 0 Å². The summed E-state index contributed by atoms with van der Waals surface area (Å²) in [6.07, 6.45) is 5.08. The molecule has 1 saturated carbocycles. The number of aliphatic hydroxyl groups is 1. The quantitative estimate of drug-likeness (QED) is 0.802. The Labute approximate surface area is 113 Å². The minimum atomic E-state index is -0.443. The van der Waals surface area contributed by atoms with E-state index in [1.54, 1.807) is 6.92 Å². The summed E-state index contributed by atoms with van der Waals surface area (Å²) in [4.78, 5) is 1.14. The lowest BCUT2D eigenvalue weighted by molar-refractivity contribution is 0.199. The maximum absolute atomic E-state index is 9.48. The van der Waals surface area contributed by atoms with Crippen LogP contribution < -0.4 is 0 Å². The first kappa shape index (κ1) is 13.3. The Balaban J connectivity index is 1.96. The Morgan fingerprint density at radius 1 is 1.41 bits per heavy atom. The highest BCUT2D eigenvalue weighted by Crippen LogP contribution is 2.34. The van der Waals surface area contributed by atoms with Gasteiger partial charge >= 0.3 is 0 Å². The molecule has 1 nitrogen and oxygen atoms in total. The van der Waals surface area contributed by atoms with Gasteiger partial charge in [0, 0.05) is 10.6 Å². The molecule has 17 heavy (non-hydrogen) atoms. The lowest BCUT2D eigenvalue weighted by Crippen LogP contribution is -1.97. The first-order chi connectivity index (χ1) is 8.16. The molecule has 1 unspecified atom stereocenters. The molecule has 0 aromatic heterocycles. The summed E-state index contributed by atoms with van der Waals surface area (Å²) in [5.74, 6) is 2.04. The zero-order chi connectivity index (χ0) is 12.3. The van der Waals surface area contributed by atoms with Crippen LogP contribution in [-0.4, -0.2) is 10.9 Å². The molecule has 1 atom stereocenters. The summed E-state index contributed by atoms with van der Waals surface area (Å²) in [5.41, 5.74) is 0.889. The second-order valence-electron chi connectivity index (χ2n) is 4.83. The number of thioether (sulfide) groups is 1. The fraction of sp³-hybridized carbons (Fsp3) is 0.571. The third-order valence-electron chi connectivity index (χ3n) is 3.39. The van der Waals surface area contributed by atoms with Crippen LogP contribution >= 0.6 is 23.4 Å². The minimum Gasteiger partial charge on any atom is -0.389 e. The van der Waals surface area contributed by atoms with E-state index in [-0.39, 0.29) is 0 Å². The summed E-state index contributed by atoms with van der Waals surface area (Å²) in [5, 5.41) is 10.2. The van der Waals surface area contributed by atoms with E-state index in [1.807, 2.05) is 30.0 Å². The summed E-state index contributed by atoms with van der Waals surface area (Å²) < 4.78 is 0. The van der Waals surface area contributed by atoms with Gasteiger partial charge in [-0.05, 0) is 43.4 Å². The van der Waals surface area contributed by atoms with Crippen molar-refractivity contribution in [2.24, 2.45) is 5.92 Å². The van der Waals surface area contributed by atoms with Crippen LogP contribution in [0.15, 0.2) is 23.1 Å². The van der Waals surface area contributed by atoms with Crippen molar-refractivity contribution in [3.8, 4) is 0 Å². The molecule has 0 saturated heterocycles. The van der Waals surface area contributed by atoms with E-state index in [0.29, 0.717) is 0 Å². The fourth-order valence-electron chi connectivity index (χ4n) is 2.28. The zero-order valence-corrected chi connectivity index (χ0v) is 11.7. The normalized spacial score (nSPS) is 18.5. The van der Waals surface area contributed by atoms with Crippen LogP contribution in [-0.2, 0) is 0 Å². The monoisotopic (exact) mass is 270 g/mol. The van der Waals surface area contributed by atoms with Gasteiger partial charge in [0.05, 0.1) is 11.1 Å². The number of hydrogen-bond donors (Lipinski definition) is 1. The van der Waals surface area contributed by atoms with E-state index in [1.165, 1.54) is 31.4 Å². The Bertz CT molecular complexity index is 372. The van der Waals surface area contributed by atoms with Crippen LogP contribution in [0.4, 0.5) is 0 Å². The van der Waals surface area contributed by atoms with Crippen molar-refractivity contribution in [1.29, 1.82) is 0 Å². The fourth-order valence-corrected chi connectivity index (χ4v) is 3.74. The largest absolute Gasteiger partial charge is 0.389 e. The second-order valence-corrected chi connectivity index (χ2v) is 6.30. The predicted octanol–water partition coefficient (Wildman–Crippen LogP) is 4.68. The highest BCUT2D eigenvalue weighted by atomic mass is 35.5. The molecule has 1 aliphatic rings. The van der Waals surface area contributed by atoms with Crippen LogP contribution in [0.3, 0.4) is 0 Å². The zero-order valence-electron chi connectivity index (χ0n) is 10.2. The molecular weight excluding hydrogens is 252 g/mol. The van der Waals surface area contributed by atoms with Crippen molar-refractivity contribution < 1.29 is 5.11 Å². The Hall–Kier alpha value is -0.180. The Morgan fingerprint density at radius 3 is 2.71 bits per heavy atom. The average molecular weight is 271 g/mol. The lowest BCUT2D eigenvalue weighted by Gasteiger charge is -2.11. The SMILES string of the molecule is CC(O)c1ccc(SCC2CCCC2)c(Cl)c1. The minimum absolute atomic E-state index is 0.443. The summed E-state index contributed by atoms with van der Waals surface area (Å²) in [6.45, 7) is 1.76. The number of aliphatic hydroxyl groups excluding tert-OH is 1. The molecule has 1 aromatic rings. The lowest BCUT2D eigenvalue weighted by atomic mass is 10.1. The summed E-state index contributed by atoms with van der Waals surface area (Å²) >= 11 is 8.08. The van der Waals surface area contributed by atoms with Gasteiger partial charge in [-0.2, -0.15) is 0 Å². The second kappa shape index (κ2) is 6.12. The van der Waals surface area contributed by atoms with Crippen molar-refractivity contribution in [3.63, 3.8) is 0 Å². The van der Waals surface area contributed by atoms with E-state index in [0.717, 1.165) is 21.4 Å². The van der Waals surface area contributed by atoms with Crippen molar-refractivity contribution in [1.82, 2.24) is 0 Å². The van der Waals surface area contributed by atoms with Crippen LogP contribution in [0.2, 0.25) is 5.02 Å². The molecule has 0 radical (unpaired) electrons. The van der Waals surface area contributed by atoms with Crippen molar-refractivity contribution >= 4 is 23.4 Å². The maximum Gasteiger partial charge on any atom is 0.0762 e. The van der Waals surface area contributed by atoms with Crippen LogP contribution in [0.1, 0.15) is 44.3 Å². The molecule has 94 valence electrons. The van der Waals surface area contributed by atoms with Crippen molar-refractivity contribution in [2.75, 3.05) is 5.75 Å². The van der Waals surface area contributed by atoms with Gasteiger partial charge in [-0.15, -0.1) is 11.8 Å². The van der Waals surface area contributed by atoms with Gasteiger partial charge in [-0.25, -0.2) is 0 Å². The third-order valence-corrected chi connectivity index (χ3v) is 5.12. The molecule has 1 aromatic carbocycles. The van der Waals surface area contributed by atoms with E-state index in [9.17, 15) is 5.11 Å². The Morgan fingerprint density at radius 2 is 2.12 bits per heavy atom. The molecule has 0 spiro atoms. The molecule has 1 aliphatic carbocycles. The smallest absolute Gasteiger partial charge is 0.0762 e. The number of hydrogen-bond acceptors (Lipinski definition) is 2. The highest BCUT2D eigenvalue weighted by molar-refractivity contribution is 7.99. The average Bonchev–Trinajstić information content (AvgIpc) is 2.80. The molecule has 0 bridgehead atoms. The van der Waals surface area contributed by atoms with Gasteiger partial charge in [-0.3, -0.25) is 0 Å². The molecule has 0 aliphatic heterocycles. The maximum atomic E-state index is 9.48. The van der Waals surface area contributed by atoms with Crippen LogP contribution in [0, 0.1) is 5.92 Å². The molecule has 3 heteroatoms. The van der Waals surface area contributed by atoms with Gasteiger partial charge in [0.2, 0.25) is 0 Å². The van der Waals surface area contributed by atoms with E-state index in [2.05, 4.69) is 0 Å². The van der Waals surface area contributed by atoms with E-state index >= 15 is 0 Å². The van der Waals surface area contributed by atoms with E-state index in [4.69, 9.17) is 11.6 Å². The molecular formula is C14H19ClOS. The Kier molecular flexibility index (Phi) is 4.78. The van der Waals surface area contributed by atoms with Crippen LogP contribution in [0.25, 0.3) is 0 Å². The van der Waals surface area contributed by atoms with E-state index < -0.39 is 6.10 Å². The number of halogens is 1. The molecule has 1 fully saturated rings. The molecule has 0 amide bonds. The van der Waals surface area contributed by atoms with Gasteiger partial charge < -0.3 is 5.11 Å². The molecule has 1 N–H and O–H groups in total. The first-order valence-electron chi connectivity index (χ1n) is 6.27. The molecule has 0 heterocycles. The van der Waals surface area contributed by atoms with Crippen molar-refractivity contribution in [2.45, 2.75) is 43.6 Å². The topological polar surface area (TPSA) is 20.2 Å². The third kappa shape index (κ3) is 3.64. The summed E-state index contributed by atoms with van der Waals surface area (Å²) in [7, 11) is 0. The van der Waals surface area contributed by atoms with Crippen LogP contribution in [0.5, 0.6) is 0 Å². The first-order valence-corrected chi connectivity index (χ1v) is 7.63. The predicted molar refractivity (Wildman–Crippen MR) is 74.8 cm³/mol. The molecule has 2 rings (SSSR count). The standard InChI is InChI=1S/C14H19ClOS/c1-10(16)12-6-7-14(13(15)8-12)17-9-11-4-2-3-5-11/h6-8,10-11,16H,2-5,9H2,1H3. The summed E-state index contributed by atoms with van der Waals surface area (Å²) in [6, 6.07) is 5.88. The van der Waals surface area contributed by atoms with Gasteiger partial charge in [0.1, 0.15) is 0 Å². The van der Waals surface area contributed by atoms with Gasteiger partial charge in [-0.1, -0.05) is 30.5 Å². The number of benzene rings is 1.